The van der Waals surface area contributed by atoms with Gasteiger partial charge in [0, 0.05) is 11.8 Å². The highest BCUT2D eigenvalue weighted by molar-refractivity contribution is 5.48. The van der Waals surface area contributed by atoms with Gasteiger partial charge in [-0.05, 0) is 63.8 Å². The Bertz CT molecular complexity index is 707. The maximum absolute atomic E-state index is 6.11. The van der Waals surface area contributed by atoms with E-state index in [0.717, 1.165) is 41.2 Å². The van der Waals surface area contributed by atoms with E-state index in [0.29, 0.717) is 5.88 Å². The minimum Gasteiger partial charge on any atom is -0.493 e. The van der Waals surface area contributed by atoms with Gasteiger partial charge in [0.25, 0.3) is 0 Å². The van der Waals surface area contributed by atoms with E-state index in [9.17, 15) is 0 Å². The van der Waals surface area contributed by atoms with Crippen molar-refractivity contribution in [2.75, 3.05) is 6.61 Å². The summed E-state index contributed by atoms with van der Waals surface area (Å²) in [5, 5.41) is 0. The number of aromatic nitrogens is 1. The molecule has 0 fully saturated rings. The van der Waals surface area contributed by atoms with Crippen molar-refractivity contribution < 1.29 is 9.47 Å². The van der Waals surface area contributed by atoms with Gasteiger partial charge < -0.3 is 9.47 Å². The van der Waals surface area contributed by atoms with Crippen LogP contribution in [-0.4, -0.2) is 11.6 Å². The summed E-state index contributed by atoms with van der Waals surface area (Å²) < 4.78 is 12.1. The van der Waals surface area contributed by atoms with Crippen LogP contribution in [0.4, 0.5) is 0 Å². The van der Waals surface area contributed by atoms with Crippen LogP contribution in [0, 0.1) is 34.6 Å². The summed E-state index contributed by atoms with van der Waals surface area (Å²) in [5.74, 6) is 2.38. The molecule has 3 nitrogen and oxygen atoms in total. The van der Waals surface area contributed by atoms with Crippen molar-refractivity contribution in [1.82, 2.24) is 4.98 Å². The first kappa shape index (κ1) is 18.3. The fourth-order valence-corrected chi connectivity index (χ4v) is 2.70. The van der Waals surface area contributed by atoms with Crippen molar-refractivity contribution >= 4 is 0 Å². The van der Waals surface area contributed by atoms with Crippen LogP contribution in [0.5, 0.6) is 17.4 Å². The van der Waals surface area contributed by atoms with Gasteiger partial charge in [-0.15, -0.1) is 0 Å². The van der Waals surface area contributed by atoms with E-state index in [1.807, 2.05) is 26.1 Å². The summed E-state index contributed by atoms with van der Waals surface area (Å²) in [7, 11) is 0. The maximum atomic E-state index is 6.11. The highest BCUT2D eigenvalue weighted by Crippen LogP contribution is 2.34. The molecular formula is C21H29NO2. The Morgan fingerprint density at radius 3 is 2.33 bits per heavy atom. The number of aryl methyl sites for hydroxylation is 2. The van der Waals surface area contributed by atoms with Gasteiger partial charge >= 0.3 is 0 Å². The molecule has 2 aromatic rings. The van der Waals surface area contributed by atoms with Crippen LogP contribution in [0.3, 0.4) is 0 Å². The van der Waals surface area contributed by atoms with E-state index in [1.54, 1.807) is 0 Å². The van der Waals surface area contributed by atoms with Crippen molar-refractivity contribution in [3.8, 4) is 17.4 Å². The summed E-state index contributed by atoms with van der Waals surface area (Å²) in [5.41, 5.74) is 5.70. The number of hydrogen-bond acceptors (Lipinski definition) is 3. The van der Waals surface area contributed by atoms with Gasteiger partial charge in [-0.2, -0.15) is 0 Å². The van der Waals surface area contributed by atoms with Crippen molar-refractivity contribution in [2.24, 2.45) is 0 Å². The third-order valence-corrected chi connectivity index (χ3v) is 4.60. The Labute approximate surface area is 146 Å². The van der Waals surface area contributed by atoms with Crippen LogP contribution < -0.4 is 9.47 Å². The van der Waals surface area contributed by atoms with Crippen LogP contribution in [0.25, 0.3) is 0 Å². The smallest absolute Gasteiger partial charge is 0.225 e. The minimum absolute atomic E-state index is 0.623. The van der Waals surface area contributed by atoms with E-state index >= 15 is 0 Å². The number of pyridine rings is 1. The van der Waals surface area contributed by atoms with Crippen molar-refractivity contribution in [3.63, 3.8) is 0 Å². The maximum Gasteiger partial charge on any atom is 0.225 e. The topological polar surface area (TPSA) is 31.4 Å². The molecule has 0 amide bonds. The lowest BCUT2D eigenvalue weighted by molar-refractivity contribution is 0.299. The first-order valence-corrected chi connectivity index (χ1v) is 8.79. The Hall–Kier alpha value is -2.03. The highest BCUT2D eigenvalue weighted by Gasteiger charge is 2.14. The summed E-state index contributed by atoms with van der Waals surface area (Å²) in [6.07, 6.45) is 5.28. The van der Waals surface area contributed by atoms with Crippen LogP contribution in [0.1, 0.15) is 54.0 Å². The van der Waals surface area contributed by atoms with Gasteiger partial charge in [0.2, 0.25) is 5.88 Å². The quantitative estimate of drug-likeness (QED) is 0.586. The molecule has 0 radical (unpaired) electrons. The molecule has 0 saturated heterocycles. The van der Waals surface area contributed by atoms with E-state index in [-0.39, 0.29) is 0 Å². The number of rotatable bonds is 7. The summed E-state index contributed by atoms with van der Waals surface area (Å²) in [4.78, 5) is 4.47. The Kier molecular flexibility index (Phi) is 6.24. The predicted molar refractivity (Wildman–Crippen MR) is 99.5 cm³/mol. The monoisotopic (exact) mass is 327 g/mol. The predicted octanol–water partition coefficient (Wildman–Crippen LogP) is 5.99. The lowest BCUT2D eigenvalue weighted by Crippen LogP contribution is -2.03. The van der Waals surface area contributed by atoms with E-state index in [2.05, 4.69) is 38.7 Å². The molecule has 0 spiro atoms. The molecule has 2 rings (SSSR count). The summed E-state index contributed by atoms with van der Waals surface area (Å²) in [6, 6.07) is 4.10. The zero-order valence-electron chi connectivity index (χ0n) is 15.8. The third kappa shape index (κ3) is 4.08. The second-order valence-electron chi connectivity index (χ2n) is 6.49. The molecule has 0 N–H and O–H groups in total. The molecule has 24 heavy (non-hydrogen) atoms. The number of ether oxygens (including phenoxy) is 2. The minimum atomic E-state index is 0.623. The molecule has 3 heteroatoms. The van der Waals surface area contributed by atoms with Crippen LogP contribution in [0.2, 0.25) is 0 Å². The molecule has 1 heterocycles. The summed E-state index contributed by atoms with van der Waals surface area (Å²) >= 11 is 0. The zero-order valence-corrected chi connectivity index (χ0v) is 15.8. The molecule has 0 aliphatic heterocycles. The molecule has 0 saturated carbocycles. The standard InChI is InChI=1S/C21H29NO2/c1-7-8-9-12-23-20-15(3)13-22-21(18(20)6)24-19-11-10-14(2)16(4)17(19)5/h10-11,13H,7-9,12H2,1-6H3. The Morgan fingerprint density at radius 1 is 0.875 bits per heavy atom. The van der Waals surface area contributed by atoms with Crippen LogP contribution >= 0.6 is 0 Å². The number of hydrogen-bond donors (Lipinski definition) is 0. The number of benzene rings is 1. The van der Waals surface area contributed by atoms with E-state index in [4.69, 9.17) is 9.47 Å². The number of nitrogens with zero attached hydrogens (tertiary/aromatic N) is 1. The second-order valence-corrected chi connectivity index (χ2v) is 6.49. The molecule has 0 atom stereocenters. The van der Waals surface area contributed by atoms with Gasteiger partial charge in [-0.3, -0.25) is 0 Å². The van der Waals surface area contributed by atoms with Crippen molar-refractivity contribution in [2.45, 2.75) is 60.8 Å². The third-order valence-electron chi connectivity index (χ3n) is 4.60. The molecule has 0 aliphatic rings. The Balaban J connectivity index is 2.24. The van der Waals surface area contributed by atoms with Gasteiger partial charge in [0.15, 0.2) is 0 Å². The molecule has 1 aromatic heterocycles. The van der Waals surface area contributed by atoms with Crippen molar-refractivity contribution in [3.05, 3.63) is 46.1 Å². The largest absolute Gasteiger partial charge is 0.493 e. The average molecular weight is 327 g/mol. The molecule has 0 bridgehead atoms. The molecule has 0 unspecified atom stereocenters. The fraction of sp³-hybridized carbons (Fsp3) is 0.476. The average Bonchev–Trinajstić information content (AvgIpc) is 2.57. The van der Waals surface area contributed by atoms with E-state index < -0.39 is 0 Å². The van der Waals surface area contributed by atoms with Gasteiger partial charge in [-0.1, -0.05) is 25.8 Å². The lowest BCUT2D eigenvalue weighted by Gasteiger charge is -2.17. The fourth-order valence-electron chi connectivity index (χ4n) is 2.70. The van der Waals surface area contributed by atoms with Crippen LogP contribution in [0.15, 0.2) is 18.3 Å². The molecule has 1 aromatic carbocycles. The summed E-state index contributed by atoms with van der Waals surface area (Å²) in [6.45, 7) is 13.3. The normalized spacial score (nSPS) is 10.8. The van der Waals surface area contributed by atoms with Crippen molar-refractivity contribution in [1.29, 1.82) is 0 Å². The zero-order chi connectivity index (χ0) is 17.7. The van der Waals surface area contributed by atoms with Gasteiger partial charge in [0.1, 0.15) is 11.5 Å². The van der Waals surface area contributed by atoms with Gasteiger partial charge in [0.05, 0.1) is 12.2 Å². The number of unbranched alkanes of at least 4 members (excludes halogenated alkanes) is 2. The first-order valence-electron chi connectivity index (χ1n) is 8.79. The molecule has 0 aliphatic carbocycles. The SMILES string of the molecule is CCCCCOc1c(C)cnc(Oc2ccc(C)c(C)c2C)c1C. The molecule has 130 valence electrons. The lowest BCUT2D eigenvalue weighted by atomic mass is 10.0. The van der Waals surface area contributed by atoms with E-state index in [1.165, 1.54) is 24.0 Å². The Morgan fingerprint density at radius 2 is 1.62 bits per heavy atom. The van der Waals surface area contributed by atoms with Gasteiger partial charge in [-0.25, -0.2) is 4.98 Å². The van der Waals surface area contributed by atoms with Crippen LogP contribution in [-0.2, 0) is 0 Å². The first-order chi connectivity index (χ1) is 11.5. The molecular weight excluding hydrogens is 298 g/mol. The second kappa shape index (κ2) is 8.18. The highest BCUT2D eigenvalue weighted by atomic mass is 16.5.